The highest BCUT2D eigenvalue weighted by Gasteiger charge is 2.19. The molecule has 2 aromatic carbocycles. The zero-order valence-corrected chi connectivity index (χ0v) is 12.5. The zero-order valence-electron chi connectivity index (χ0n) is 11.8. The molecule has 0 fully saturated rings. The van der Waals surface area contributed by atoms with Crippen molar-refractivity contribution in [2.45, 2.75) is 25.8 Å². The van der Waals surface area contributed by atoms with Crippen LogP contribution in [0.2, 0.25) is 5.02 Å². The predicted octanol–water partition coefficient (Wildman–Crippen LogP) is 4.68. The second kappa shape index (κ2) is 7.09. The molecular weight excluding hydrogens is 288 g/mol. The minimum Gasteiger partial charge on any atom is -0.377 e. The SMILES string of the molecule is CC(CCc1ccccc1)Nc1cccc(Cl)c1[N+](=O)[O-]. The van der Waals surface area contributed by atoms with E-state index in [-0.39, 0.29) is 16.8 Å². The van der Waals surface area contributed by atoms with Gasteiger partial charge in [0.15, 0.2) is 0 Å². The third-order valence-electron chi connectivity index (χ3n) is 3.28. The molecule has 0 radical (unpaired) electrons. The van der Waals surface area contributed by atoms with Gasteiger partial charge in [0.2, 0.25) is 0 Å². The van der Waals surface area contributed by atoms with E-state index >= 15 is 0 Å². The second-order valence-corrected chi connectivity index (χ2v) is 5.37. The molecule has 110 valence electrons. The van der Waals surface area contributed by atoms with Crippen LogP contribution in [-0.4, -0.2) is 11.0 Å². The normalized spacial score (nSPS) is 11.9. The van der Waals surface area contributed by atoms with Gasteiger partial charge in [-0.05, 0) is 37.5 Å². The molecule has 0 heterocycles. The maximum absolute atomic E-state index is 11.1. The molecule has 0 saturated heterocycles. The number of hydrogen-bond acceptors (Lipinski definition) is 3. The van der Waals surface area contributed by atoms with Gasteiger partial charge in [0, 0.05) is 6.04 Å². The molecule has 4 nitrogen and oxygen atoms in total. The average Bonchev–Trinajstić information content (AvgIpc) is 2.46. The third-order valence-corrected chi connectivity index (χ3v) is 3.59. The lowest BCUT2D eigenvalue weighted by Gasteiger charge is -2.15. The lowest BCUT2D eigenvalue weighted by molar-refractivity contribution is -0.383. The molecule has 0 aliphatic carbocycles. The molecule has 0 amide bonds. The first-order valence-corrected chi connectivity index (χ1v) is 7.19. The summed E-state index contributed by atoms with van der Waals surface area (Å²) in [5.41, 5.74) is 1.66. The van der Waals surface area contributed by atoms with Gasteiger partial charge in [0.1, 0.15) is 10.7 Å². The molecule has 0 spiro atoms. The number of hydrogen-bond donors (Lipinski definition) is 1. The van der Waals surface area contributed by atoms with E-state index in [0.717, 1.165) is 12.8 Å². The van der Waals surface area contributed by atoms with Gasteiger partial charge in [-0.2, -0.15) is 0 Å². The Labute approximate surface area is 128 Å². The smallest absolute Gasteiger partial charge is 0.310 e. The van der Waals surface area contributed by atoms with E-state index in [9.17, 15) is 10.1 Å². The van der Waals surface area contributed by atoms with E-state index in [1.54, 1.807) is 12.1 Å². The number of para-hydroxylation sites is 1. The van der Waals surface area contributed by atoms with Gasteiger partial charge in [-0.1, -0.05) is 48.0 Å². The van der Waals surface area contributed by atoms with E-state index in [0.29, 0.717) is 5.69 Å². The molecule has 2 rings (SSSR count). The van der Waals surface area contributed by atoms with E-state index in [1.165, 1.54) is 11.6 Å². The number of nitro groups is 1. The van der Waals surface area contributed by atoms with Crippen molar-refractivity contribution in [2.24, 2.45) is 0 Å². The van der Waals surface area contributed by atoms with Crippen molar-refractivity contribution < 1.29 is 4.92 Å². The van der Waals surface area contributed by atoms with Gasteiger partial charge in [0.05, 0.1) is 4.92 Å². The minimum absolute atomic E-state index is 0.0641. The van der Waals surface area contributed by atoms with Gasteiger partial charge in [-0.3, -0.25) is 10.1 Å². The Morgan fingerprint density at radius 2 is 1.90 bits per heavy atom. The number of nitrogens with one attached hydrogen (secondary N) is 1. The molecule has 2 aromatic rings. The number of anilines is 1. The predicted molar refractivity (Wildman–Crippen MR) is 86.0 cm³/mol. The van der Waals surface area contributed by atoms with Crippen LogP contribution in [-0.2, 0) is 6.42 Å². The minimum atomic E-state index is -0.450. The fourth-order valence-corrected chi connectivity index (χ4v) is 2.43. The van der Waals surface area contributed by atoms with Gasteiger partial charge in [-0.25, -0.2) is 0 Å². The first-order valence-electron chi connectivity index (χ1n) is 6.81. The lowest BCUT2D eigenvalue weighted by atomic mass is 10.1. The molecular formula is C16H17ClN2O2. The summed E-state index contributed by atoms with van der Waals surface area (Å²) in [6.45, 7) is 2.01. The molecule has 1 unspecified atom stereocenters. The van der Waals surface area contributed by atoms with Crippen molar-refractivity contribution in [3.8, 4) is 0 Å². The topological polar surface area (TPSA) is 55.2 Å². The third kappa shape index (κ3) is 4.20. The molecule has 0 aliphatic rings. The van der Waals surface area contributed by atoms with Crippen LogP contribution in [0.15, 0.2) is 48.5 Å². The Bertz CT molecular complexity index is 617. The van der Waals surface area contributed by atoms with Crippen LogP contribution in [0.4, 0.5) is 11.4 Å². The van der Waals surface area contributed by atoms with Crippen molar-refractivity contribution in [3.63, 3.8) is 0 Å². The van der Waals surface area contributed by atoms with E-state index < -0.39 is 4.92 Å². The quantitative estimate of drug-likeness (QED) is 0.622. The van der Waals surface area contributed by atoms with Crippen LogP contribution < -0.4 is 5.32 Å². The second-order valence-electron chi connectivity index (χ2n) is 4.96. The molecule has 21 heavy (non-hydrogen) atoms. The summed E-state index contributed by atoms with van der Waals surface area (Å²) in [6.07, 6.45) is 1.80. The highest BCUT2D eigenvalue weighted by Crippen LogP contribution is 2.32. The highest BCUT2D eigenvalue weighted by molar-refractivity contribution is 6.33. The Morgan fingerprint density at radius 1 is 1.19 bits per heavy atom. The molecule has 0 bridgehead atoms. The number of benzene rings is 2. The molecule has 5 heteroatoms. The number of nitrogens with zero attached hydrogens (tertiary/aromatic N) is 1. The lowest BCUT2D eigenvalue weighted by Crippen LogP contribution is -2.17. The van der Waals surface area contributed by atoms with Crippen LogP contribution in [0.5, 0.6) is 0 Å². The summed E-state index contributed by atoms with van der Waals surface area (Å²) in [6, 6.07) is 15.2. The largest absolute Gasteiger partial charge is 0.377 e. The Hall–Kier alpha value is -2.07. The molecule has 0 aromatic heterocycles. The van der Waals surface area contributed by atoms with Crippen molar-refractivity contribution in [1.29, 1.82) is 0 Å². The highest BCUT2D eigenvalue weighted by atomic mass is 35.5. The first kappa shape index (κ1) is 15.3. The summed E-state index contributed by atoms with van der Waals surface area (Å²) in [5.74, 6) is 0. The summed E-state index contributed by atoms with van der Waals surface area (Å²) < 4.78 is 0. The van der Waals surface area contributed by atoms with Crippen molar-refractivity contribution in [2.75, 3.05) is 5.32 Å². The van der Waals surface area contributed by atoms with Gasteiger partial charge < -0.3 is 5.32 Å². The summed E-state index contributed by atoms with van der Waals surface area (Å²) >= 11 is 5.90. The number of halogens is 1. The standard InChI is InChI=1S/C16H17ClN2O2/c1-12(10-11-13-6-3-2-4-7-13)18-15-9-5-8-14(17)16(15)19(20)21/h2-9,12,18H,10-11H2,1H3. The summed E-state index contributed by atoms with van der Waals surface area (Å²) in [7, 11) is 0. The van der Waals surface area contributed by atoms with Crippen LogP contribution in [0.1, 0.15) is 18.9 Å². The van der Waals surface area contributed by atoms with Crippen LogP contribution >= 0.6 is 11.6 Å². The zero-order chi connectivity index (χ0) is 15.2. The Morgan fingerprint density at radius 3 is 2.57 bits per heavy atom. The Kier molecular flexibility index (Phi) is 5.17. The number of rotatable bonds is 6. The fraction of sp³-hybridized carbons (Fsp3) is 0.250. The summed E-state index contributed by atoms with van der Waals surface area (Å²) in [5, 5.41) is 14.4. The fourth-order valence-electron chi connectivity index (χ4n) is 2.18. The van der Waals surface area contributed by atoms with E-state index in [1.807, 2.05) is 25.1 Å². The molecule has 1 atom stereocenters. The van der Waals surface area contributed by atoms with Crippen molar-refractivity contribution in [3.05, 3.63) is 69.2 Å². The van der Waals surface area contributed by atoms with Gasteiger partial charge in [0.25, 0.3) is 0 Å². The van der Waals surface area contributed by atoms with Crippen LogP contribution in [0.25, 0.3) is 0 Å². The monoisotopic (exact) mass is 304 g/mol. The number of aryl methyl sites for hydroxylation is 1. The van der Waals surface area contributed by atoms with Crippen molar-refractivity contribution >= 4 is 23.0 Å². The number of nitro benzene ring substituents is 1. The van der Waals surface area contributed by atoms with E-state index in [2.05, 4.69) is 17.4 Å². The van der Waals surface area contributed by atoms with Gasteiger partial charge in [-0.15, -0.1) is 0 Å². The molecule has 1 N–H and O–H groups in total. The summed E-state index contributed by atoms with van der Waals surface area (Å²) in [4.78, 5) is 10.6. The molecule has 0 saturated carbocycles. The average molecular weight is 305 g/mol. The first-order chi connectivity index (χ1) is 10.1. The van der Waals surface area contributed by atoms with E-state index in [4.69, 9.17) is 11.6 Å². The van der Waals surface area contributed by atoms with Gasteiger partial charge >= 0.3 is 5.69 Å². The Balaban J connectivity index is 2.01. The van der Waals surface area contributed by atoms with Crippen molar-refractivity contribution in [1.82, 2.24) is 0 Å². The van der Waals surface area contributed by atoms with Crippen LogP contribution in [0.3, 0.4) is 0 Å². The maximum Gasteiger partial charge on any atom is 0.310 e. The molecule has 0 aliphatic heterocycles. The van der Waals surface area contributed by atoms with Crippen LogP contribution in [0, 0.1) is 10.1 Å². The maximum atomic E-state index is 11.1.